The molecule has 0 aliphatic carbocycles. The highest BCUT2D eigenvalue weighted by atomic mass is 32.2. The average Bonchev–Trinajstić information content (AvgIpc) is 3.01. The summed E-state index contributed by atoms with van der Waals surface area (Å²) in [4.78, 5) is 29.3. The number of likely N-dealkylation sites (tertiary alicyclic amines) is 2. The van der Waals surface area contributed by atoms with E-state index < -0.39 is 9.84 Å². The zero-order chi connectivity index (χ0) is 20.9. The molecule has 0 atom stereocenters. The van der Waals surface area contributed by atoms with E-state index in [0.717, 1.165) is 31.5 Å². The fraction of sp³-hybridized carbons (Fsp3) is 0.636. The molecular weight excluding hydrogens is 388 g/mol. The van der Waals surface area contributed by atoms with Crippen LogP contribution in [0.4, 0.5) is 0 Å². The summed E-state index contributed by atoms with van der Waals surface area (Å²) < 4.78 is 24.9. The first-order chi connectivity index (χ1) is 13.9. The van der Waals surface area contributed by atoms with Crippen LogP contribution in [0.25, 0.3) is 0 Å². The zero-order valence-corrected chi connectivity index (χ0v) is 18.1. The molecule has 2 amide bonds. The van der Waals surface area contributed by atoms with E-state index in [9.17, 15) is 18.0 Å². The van der Waals surface area contributed by atoms with Gasteiger partial charge in [-0.05, 0) is 44.7 Å². The molecule has 2 aliphatic heterocycles. The van der Waals surface area contributed by atoms with E-state index in [-0.39, 0.29) is 34.8 Å². The molecule has 2 heterocycles. The summed E-state index contributed by atoms with van der Waals surface area (Å²) in [6.45, 7) is 4.69. The Balaban J connectivity index is 1.47. The minimum Gasteiger partial charge on any atom is -0.343 e. The molecule has 2 saturated heterocycles. The molecular formula is C22H32N2O4S. The van der Waals surface area contributed by atoms with Gasteiger partial charge in [0, 0.05) is 38.5 Å². The van der Waals surface area contributed by atoms with Gasteiger partial charge in [-0.25, -0.2) is 8.42 Å². The second kappa shape index (κ2) is 9.74. The van der Waals surface area contributed by atoms with Crippen molar-refractivity contribution in [3.63, 3.8) is 0 Å². The Hall–Kier alpha value is -1.89. The highest BCUT2D eigenvalue weighted by Crippen LogP contribution is 2.22. The third-order valence-corrected chi connectivity index (χ3v) is 7.81. The molecule has 0 spiro atoms. The topological polar surface area (TPSA) is 74.8 Å². The monoisotopic (exact) mass is 420 g/mol. The van der Waals surface area contributed by atoms with Gasteiger partial charge >= 0.3 is 0 Å². The molecule has 29 heavy (non-hydrogen) atoms. The minimum atomic E-state index is -3.46. The van der Waals surface area contributed by atoms with Crippen LogP contribution < -0.4 is 0 Å². The van der Waals surface area contributed by atoms with Crippen LogP contribution >= 0.6 is 0 Å². The number of hydrogen-bond donors (Lipinski definition) is 0. The molecule has 0 unspecified atom stereocenters. The van der Waals surface area contributed by atoms with Crippen molar-refractivity contribution < 1.29 is 18.0 Å². The SMILES string of the molecule is Cc1ccc(S(=O)(=O)CCC(=O)N2CCC(C(=O)N3CCCCCC3)CC2)cc1. The summed E-state index contributed by atoms with van der Waals surface area (Å²) >= 11 is 0. The molecule has 0 saturated carbocycles. The van der Waals surface area contributed by atoms with E-state index in [1.54, 1.807) is 29.2 Å². The smallest absolute Gasteiger partial charge is 0.225 e. The largest absolute Gasteiger partial charge is 0.343 e. The molecule has 160 valence electrons. The summed E-state index contributed by atoms with van der Waals surface area (Å²) in [6.07, 6.45) is 5.89. The quantitative estimate of drug-likeness (QED) is 0.734. The Morgan fingerprint density at radius 3 is 2.07 bits per heavy atom. The number of amides is 2. The Morgan fingerprint density at radius 2 is 1.48 bits per heavy atom. The van der Waals surface area contributed by atoms with E-state index >= 15 is 0 Å². The minimum absolute atomic E-state index is 0.00607. The number of nitrogens with zero attached hydrogens (tertiary/aromatic N) is 2. The lowest BCUT2D eigenvalue weighted by molar-refractivity contribution is -0.140. The van der Waals surface area contributed by atoms with Crippen molar-refractivity contribution in [2.24, 2.45) is 5.92 Å². The molecule has 0 bridgehead atoms. The summed E-state index contributed by atoms with van der Waals surface area (Å²) in [5.74, 6) is -0.0858. The van der Waals surface area contributed by atoms with Crippen LogP contribution in [0.15, 0.2) is 29.2 Å². The zero-order valence-electron chi connectivity index (χ0n) is 17.3. The fourth-order valence-electron chi connectivity index (χ4n) is 4.17. The molecule has 7 heteroatoms. The van der Waals surface area contributed by atoms with E-state index in [0.29, 0.717) is 25.9 Å². The second-order valence-corrected chi connectivity index (χ2v) is 10.4. The summed E-state index contributed by atoms with van der Waals surface area (Å²) in [5, 5.41) is 0. The molecule has 2 aliphatic rings. The average molecular weight is 421 g/mol. The van der Waals surface area contributed by atoms with Crippen LogP contribution in [0.3, 0.4) is 0 Å². The maximum Gasteiger partial charge on any atom is 0.225 e. The fourth-order valence-corrected chi connectivity index (χ4v) is 5.40. The number of hydrogen-bond acceptors (Lipinski definition) is 4. The van der Waals surface area contributed by atoms with E-state index in [1.165, 1.54) is 12.8 Å². The summed E-state index contributed by atoms with van der Waals surface area (Å²) in [7, 11) is -3.46. The van der Waals surface area contributed by atoms with Crippen LogP contribution in [-0.4, -0.2) is 62.0 Å². The Kier molecular flexibility index (Phi) is 7.33. The first-order valence-corrected chi connectivity index (χ1v) is 12.4. The van der Waals surface area contributed by atoms with Crippen LogP contribution in [0, 0.1) is 12.8 Å². The molecule has 1 aromatic rings. The molecule has 2 fully saturated rings. The van der Waals surface area contributed by atoms with Gasteiger partial charge < -0.3 is 9.80 Å². The first kappa shape index (κ1) is 21.8. The number of carbonyl (C=O) groups excluding carboxylic acids is 2. The lowest BCUT2D eigenvalue weighted by Crippen LogP contribution is -2.45. The van der Waals surface area contributed by atoms with Gasteiger partial charge in [0.2, 0.25) is 11.8 Å². The van der Waals surface area contributed by atoms with Crippen LogP contribution in [0.2, 0.25) is 0 Å². The van der Waals surface area contributed by atoms with E-state index in [4.69, 9.17) is 0 Å². The Morgan fingerprint density at radius 1 is 0.897 bits per heavy atom. The second-order valence-electron chi connectivity index (χ2n) is 8.28. The van der Waals surface area contributed by atoms with Gasteiger partial charge in [-0.1, -0.05) is 30.5 Å². The van der Waals surface area contributed by atoms with Crippen LogP contribution in [0.5, 0.6) is 0 Å². The van der Waals surface area contributed by atoms with Crippen molar-refractivity contribution in [2.75, 3.05) is 31.9 Å². The molecule has 0 radical (unpaired) electrons. The predicted molar refractivity (Wildman–Crippen MR) is 112 cm³/mol. The van der Waals surface area contributed by atoms with Crippen molar-refractivity contribution in [1.29, 1.82) is 0 Å². The number of carbonyl (C=O) groups is 2. The van der Waals surface area contributed by atoms with Gasteiger partial charge in [-0.2, -0.15) is 0 Å². The van der Waals surface area contributed by atoms with Crippen molar-refractivity contribution in [3.05, 3.63) is 29.8 Å². The van der Waals surface area contributed by atoms with Gasteiger partial charge in [-0.3, -0.25) is 9.59 Å². The number of rotatable bonds is 5. The van der Waals surface area contributed by atoms with Gasteiger partial charge in [0.05, 0.1) is 10.6 Å². The van der Waals surface area contributed by atoms with E-state index in [1.807, 2.05) is 11.8 Å². The van der Waals surface area contributed by atoms with Crippen molar-refractivity contribution in [2.45, 2.75) is 56.8 Å². The Labute approximate surface area is 174 Å². The van der Waals surface area contributed by atoms with Gasteiger partial charge in [-0.15, -0.1) is 0 Å². The molecule has 3 rings (SSSR count). The number of aryl methyl sites for hydroxylation is 1. The predicted octanol–water partition coefficient (Wildman–Crippen LogP) is 2.80. The highest BCUT2D eigenvalue weighted by Gasteiger charge is 2.30. The van der Waals surface area contributed by atoms with Gasteiger partial charge in [0.25, 0.3) is 0 Å². The van der Waals surface area contributed by atoms with E-state index in [2.05, 4.69) is 0 Å². The van der Waals surface area contributed by atoms with Crippen molar-refractivity contribution >= 4 is 21.7 Å². The maximum absolute atomic E-state index is 12.8. The summed E-state index contributed by atoms with van der Waals surface area (Å²) in [5.41, 5.74) is 0.998. The number of benzene rings is 1. The Bertz CT molecular complexity index is 804. The molecule has 1 aromatic carbocycles. The third-order valence-electron chi connectivity index (χ3n) is 6.08. The van der Waals surface area contributed by atoms with Crippen molar-refractivity contribution in [1.82, 2.24) is 9.80 Å². The molecule has 0 N–H and O–H groups in total. The maximum atomic E-state index is 12.8. The standard InChI is InChI=1S/C22H32N2O4S/c1-18-6-8-20(9-7-18)29(27,28)17-12-21(25)23-15-10-19(11-16-23)22(26)24-13-4-2-3-5-14-24/h6-9,19H,2-5,10-17H2,1H3. The highest BCUT2D eigenvalue weighted by molar-refractivity contribution is 7.91. The van der Waals surface area contributed by atoms with Crippen LogP contribution in [-0.2, 0) is 19.4 Å². The lowest BCUT2D eigenvalue weighted by Gasteiger charge is -2.34. The molecule has 0 aromatic heterocycles. The van der Waals surface area contributed by atoms with Gasteiger partial charge in [0.15, 0.2) is 9.84 Å². The number of piperidine rings is 1. The third kappa shape index (κ3) is 5.81. The summed E-state index contributed by atoms with van der Waals surface area (Å²) in [6, 6.07) is 6.71. The molecule has 6 nitrogen and oxygen atoms in total. The first-order valence-electron chi connectivity index (χ1n) is 10.7. The number of sulfone groups is 1. The van der Waals surface area contributed by atoms with Crippen LogP contribution in [0.1, 0.15) is 50.5 Å². The van der Waals surface area contributed by atoms with Gasteiger partial charge in [0.1, 0.15) is 0 Å². The normalized spacial score (nSPS) is 19.1. The van der Waals surface area contributed by atoms with Crippen molar-refractivity contribution in [3.8, 4) is 0 Å². The lowest BCUT2D eigenvalue weighted by atomic mass is 9.95.